The van der Waals surface area contributed by atoms with E-state index in [0.29, 0.717) is 6.42 Å². The van der Waals surface area contributed by atoms with Crippen molar-refractivity contribution >= 4 is 32.9 Å². The van der Waals surface area contributed by atoms with Crippen LogP contribution in [0.25, 0.3) is 0 Å². The zero-order chi connectivity index (χ0) is 19.1. The van der Waals surface area contributed by atoms with E-state index >= 15 is 0 Å². The molecule has 1 unspecified atom stereocenters. The SMILES string of the molecule is O=C1CSC(=O)N1C1CCN(S(=O)(=O)c2ccc(OC(F)(F)F)cc2)C1. The lowest BCUT2D eigenvalue weighted by Crippen LogP contribution is -2.41. The number of carbonyl (C=O) groups excluding carboxylic acids is 2. The van der Waals surface area contributed by atoms with Crippen LogP contribution in [-0.4, -0.2) is 60.0 Å². The molecule has 3 rings (SSSR count). The first-order chi connectivity index (χ1) is 12.1. The van der Waals surface area contributed by atoms with E-state index in [4.69, 9.17) is 0 Å². The molecule has 2 fully saturated rings. The molecule has 2 heterocycles. The number of carbonyl (C=O) groups is 2. The Hall–Kier alpha value is -1.79. The van der Waals surface area contributed by atoms with Crippen molar-refractivity contribution in [2.45, 2.75) is 23.7 Å². The van der Waals surface area contributed by atoms with Gasteiger partial charge in [0.15, 0.2) is 0 Å². The molecule has 1 aromatic carbocycles. The third-order valence-electron chi connectivity index (χ3n) is 3.97. The number of thioether (sulfide) groups is 1. The van der Waals surface area contributed by atoms with Crippen LogP contribution in [0.5, 0.6) is 5.75 Å². The van der Waals surface area contributed by atoms with Crippen molar-refractivity contribution in [1.82, 2.24) is 9.21 Å². The Morgan fingerprint density at radius 3 is 2.35 bits per heavy atom. The fourth-order valence-electron chi connectivity index (χ4n) is 2.82. The fraction of sp³-hybridized carbons (Fsp3) is 0.429. The van der Waals surface area contributed by atoms with Gasteiger partial charge in [0.25, 0.3) is 5.24 Å². The molecule has 0 spiro atoms. The molecule has 2 aliphatic heterocycles. The maximum atomic E-state index is 12.6. The monoisotopic (exact) mass is 410 g/mol. The Morgan fingerprint density at radius 1 is 1.15 bits per heavy atom. The summed E-state index contributed by atoms with van der Waals surface area (Å²) in [5.74, 6) is -0.832. The maximum absolute atomic E-state index is 12.6. The number of hydrogen-bond acceptors (Lipinski definition) is 6. The van der Waals surface area contributed by atoms with Crippen molar-refractivity contribution in [3.8, 4) is 5.75 Å². The van der Waals surface area contributed by atoms with Gasteiger partial charge in [0.2, 0.25) is 15.9 Å². The minimum Gasteiger partial charge on any atom is -0.406 e. The largest absolute Gasteiger partial charge is 0.573 e. The molecule has 2 saturated heterocycles. The number of imide groups is 1. The lowest BCUT2D eigenvalue weighted by Gasteiger charge is -2.21. The van der Waals surface area contributed by atoms with Crippen LogP contribution in [0.15, 0.2) is 29.2 Å². The van der Waals surface area contributed by atoms with E-state index < -0.39 is 33.4 Å². The number of rotatable bonds is 4. The zero-order valence-electron chi connectivity index (χ0n) is 13.1. The number of hydrogen-bond donors (Lipinski definition) is 0. The number of sulfonamides is 1. The Morgan fingerprint density at radius 2 is 1.81 bits per heavy atom. The molecule has 0 aromatic heterocycles. The van der Waals surface area contributed by atoms with Crippen molar-refractivity contribution in [3.63, 3.8) is 0 Å². The Balaban J connectivity index is 1.73. The van der Waals surface area contributed by atoms with Crippen molar-refractivity contribution in [1.29, 1.82) is 0 Å². The van der Waals surface area contributed by atoms with Gasteiger partial charge in [0, 0.05) is 13.1 Å². The summed E-state index contributed by atoms with van der Waals surface area (Å²) in [6, 6.07) is 3.33. The Kier molecular flexibility index (Phi) is 4.92. The molecule has 0 saturated carbocycles. The molecule has 1 atom stereocenters. The summed E-state index contributed by atoms with van der Waals surface area (Å²) in [6.07, 6.45) is -4.55. The van der Waals surface area contributed by atoms with Crippen LogP contribution in [0, 0.1) is 0 Å². The molecule has 26 heavy (non-hydrogen) atoms. The van der Waals surface area contributed by atoms with Gasteiger partial charge in [-0.15, -0.1) is 13.2 Å². The number of ether oxygens (including phenoxy) is 1. The molecule has 0 bridgehead atoms. The zero-order valence-corrected chi connectivity index (χ0v) is 14.7. The summed E-state index contributed by atoms with van der Waals surface area (Å²) < 4.78 is 66.6. The van der Waals surface area contributed by atoms with Crippen molar-refractivity contribution in [2.24, 2.45) is 0 Å². The van der Waals surface area contributed by atoms with Crippen LogP contribution in [0.1, 0.15) is 6.42 Å². The van der Waals surface area contributed by atoms with Gasteiger partial charge in [-0.2, -0.15) is 4.31 Å². The summed E-state index contributed by atoms with van der Waals surface area (Å²) in [4.78, 5) is 24.4. The lowest BCUT2D eigenvalue weighted by atomic mass is 10.2. The third-order valence-corrected chi connectivity index (χ3v) is 6.69. The molecule has 7 nitrogen and oxygen atoms in total. The topological polar surface area (TPSA) is 84.0 Å². The van der Waals surface area contributed by atoms with Crippen LogP contribution >= 0.6 is 11.8 Å². The second kappa shape index (κ2) is 6.74. The van der Waals surface area contributed by atoms with E-state index in [1.165, 1.54) is 0 Å². The van der Waals surface area contributed by atoms with Gasteiger partial charge in [-0.3, -0.25) is 14.5 Å². The van der Waals surface area contributed by atoms with E-state index in [9.17, 15) is 31.2 Å². The summed E-state index contributed by atoms with van der Waals surface area (Å²) in [7, 11) is -3.96. The molecule has 0 radical (unpaired) electrons. The third kappa shape index (κ3) is 3.81. The van der Waals surface area contributed by atoms with Gasteiger partial charge in [0.05, 0.1) is 16.7 Å². The van der Waals surface area contributed by atoms with E-state index in [1.807, 2.05) is 0 Å². The molecular formula is C14H13F3N2O5S2. The molecule has 0 N–H and O–H groups in total. The van der Waals surface area contributed by atoms with Crippen molar-refractivity contribution < 1.29 is 35.9 Å². The predicted molar refractivity (Wildman–Crippen MR) is 85.0 cm³/mol. The fourth-order valence-corrected chi connectivity index (χ4v) is 5.09. The highest BCUT2D eigenvalue weighted by atomic mass is 32.2. The van der Waals surface area contributed by atoms with E-state index in [-0.39, 0.29) is 29.6 Å². The highest BCUT2D eigenvalue weighted by Crippen LogP contribution is 2.30. The average molecular weight is 410 g/mol. The minimum atomic E-state index is -4.87. The summed E-state index contributed by atoms with van der Waals surface area (Å²) in [5, 5.41) is -0.395. The molecule has 2 aliphatic rings. The van der Waals surface area contributed by atoms with Gasteiger partial charge in [0.1, 0.15) is 5.75 Å². The number of amides is 2. The first-order valence-electron chi connectivity index (χ1n) is 7.43. The van der Waals surface area contributed by atoms with Crippen molar-refractivity contribution in [2.75, 3.05) is 18.8 Å². The molecule has 2 amide bonds. The lowest BCUT2D eigenvalue weighted by molar-refractivity contribution is -0.274. The standard InChI is InChI=1S/C14H13F3N2O5S2/c15-14(16,17)24-10-1-3-11(4-2-10)26(22,23)18-6-5-9(7-18)19-12(20)8-25-13(19)21/h1-4,9H,5-8H2. The number of nitrogens with zero attached hydrogens (tertiary/aromatic N) is 2. The second-order valence-corrected chi connectivity index (χ2v) is 8.51. The molecule has 142 valence electrons. The molecule has 1 aromatic rings. The van der Waals surface area contributed by atoms with Crippen LogP contribution < -0.4 is 4.74 Å². The minimum absolute atomic E-state index is 0.0405. The highest BCUT2D eigenvalue weighted by Gasteiger charge is 2.42. The Bertz CT molecular complexity index is 810. The van der Waals surface area contributed by atoms with Gasteiger partial charge < -0.3 is 4.74 Å². The van der Waals surface area contributed by atoms with Gasteiger partial charge in [-0.05, 0) is 30.7 Å². The summed E-state index contributed by atoms with van der Waals surface area (Å²) in [6.45, 7) is 0.0662. The van der Waals surface area contributed by atoms with Crippen LogP contribution in [0.2, 0.25) is 0 Å². The number of alkyl halides is 3. The molecular weight excluding hydrogens is 397 g/mol. The summed E-state index contributed by atoms with van der Waals surface area (Å²) >= 11 is 0.875. The normalized spacial score (nSPS) is 22.3. The number of benzene rings is 1. The highest BCUT2D eigenvalue weighted by molar-refractivity contribution is 8.14. The quantitative estimate of drug-likeness (QED) is 0.756. The van der Waals surface area contributed by atoms with E-state index in [1.54, 1.807) is 0 Å². The first kappa shape index (κ1) is 19.0. The second-order valence-electron chi connectivity index (χ2n) is 5.64. The van der Waals surface area contributed by atoms with Gasteiger partial charge >= 0.3 is 6.36 Å². The van der Waals surface area contributed by atoms with Crippen LogP contribution in [0.3, 0.4) is 0 Å². The van der Waals surface area contributed by atoms with Crippen molar-refractivity contribution in [3.05, 3.63) is 24.3 Å². The van der Waals surface area contributed by atoms with Crippen LogP contribution in [0.4, 0.5) is 18.0 Å². The van der Waals surface area contributed by atoms with Crippen LogP contribution in [-0.2, 0) is 14.8 Å². The van der Waals surface area contributed by atoms with Gasteiger partial charge in [-0.25, -0.2) is 8.42 Å². The molecule has 12 heteroatoms. The van der Waals surface area contributed by atoms with Gasteiger partial charge in [-0.1, -0.05) is 11.8 Å². The maximum Gasteiger partial charge on any atom is 0.573 e. The smallest absolute Gasteiger partial charge is 0.406 e. The molecule has 0 aliphatic carbocycles. The summed E-state index contributed by atoms with van der Waals surface area (Å²) in [5.41, 5.74) is 0. The average Bonchev–Trinajstić information content (AvgIpc) is 3.13. The van der Waals surface area contributed by atoms with E-state index in [2.05, 4.69) is 4.74 Å². The number of halogens is 3. The predicted octanol–water partition coefficient (Wildman–Crippen LogP) is 2.04. The first-order valence-corrected chi connectivity index (χ1v) is 9.85. The Labute approximate surface area is 151 Å². The van der Waals surface area contributed by atoms with E-state index in [0.717, 1.165) is 45.2 Å².